The van der Waals surface area contributed by atoms with Crippen LogP contribution in [0.2, 0.25) is 0 Å². The summed E-state index contributed by atoms with van der Waals surface area (Å²) in [6, 6.07) is 21.2. The van der Waals surface area contributed by atoms with Gasteiger partial charge in [-0.1, -0.05) is 48.5 Å². The number of imidazole rings is 1. The Balaban J connectivity index is 1.53. The first kappa shape index (κ1) is 21.0. The Morgan fingerprint density at radius 1 is 1.06 bits per heavy atom. The van der Waals surface area contributed by atoms with Crippen molar-refractivity contribution in [3.63, 3.8) is 0 Å². The van der Waals surface area contributed by atoms with Gasteiger partial charge in [0.2, 0.25) is 0 Å². The average Bonchev–Trinajstić information content (AvgIpc) is 3.26. The lowest BCUT2D eigenvalue weighted by Crippen LogP contribution is -2.29. The van der Waals surface area contributed by atoms with Gasteiger partial charge in [-0.05, 0) is 24.6 Å². The summed E-state index contributed by atoms with van der Waals surface area (Å²) in [5, 5.41) is 2.96. The molecule has 2 aromatic carbocycles. The summed E-state index contributed by atoms with van der Waals surface area (Å²) in [4.78, 5) is 35.6. The summed E-state index contributed by atoms with van der Waals surface area (Å²) in [5.74, 6) is -0.967. The molecule has 0 aliphatic heterocycles. The quantitative estimate of drug-likeness (QED) is 0.420. The standard InChI is InChI=1S/C24H24N6O2/c1-29(18-11-6-3-7-12-18)14-8-13-26-24(32)20-15-19(17-9-4-2-5-10-17)28-23-21(22(25)31)27-16-30(20)23/h2-7,9-12,15-16H,8,13-14H2,1H3,(H2,25,31)(H,26,32). The van der Waals surface area contributed by atoms with E-state index in [9.17, 15) is 9.59 Å². The molecule has 0 saturated heterocycles. The monoisotopic (exact) mass is 428 g/mol. The molecule has 0 spiro atoms. The molecule has 162 valence electrons. The maximum Gasteiger partial charge on any atom is 0.271 e. The van der Waals surface area contributed by atoms with Crippen molar-refractivity contribution in [2.24, 2.45) is 5.73 Å². The first-order valence-electron chi connectivity index (χ1n) is 10.3. The number of hydrogen-bond donors (Lipinski definition) is 2. The highest BCUT2D eigenvalue weighted by atomic mass is 16.2. The van der Waals surface area contributed by atoms with Gasteiger partial charge in [-0.15, -0.1) is 0 Å². The third-order valence-electron chi connectivity index (χ3n) is 5.19. The summed E-state index contributed by atoms with van der Waals surface area (Å²) in [6.07, 6.45) is 2.17. The third kappa shape index (κ3) is 4.44. The van der Waals surface area contributed by atoms with Gasteiger partial charge in [0.05, 0.1) is 5.69 Å². The minimum Gasteiger partial charge on any atom is -0.375 e. The van der Waals surface area contributed by atoms with E-state index in [2.05, 4.69) is 20.2 Å². The van der Waals surface area contributed by atoms with E-state index in [0.717, 1.165) is 24.2 Å². The number of benzene rings is 2. The normalized spacial score (nSPS) is 10.8. The summed E-state index contributed by atoms with van der Waals surface area (Å²) < 4.78 is 1.50. The van der Waals surface area contributed by atoms with Crippen molar-refractivity contribution in [2.75, 3.05) is 25.0 Å². The fourth-order valence-corrected chi connectivity index (χ4v) is 3.50. The van der Waals surface area contributed by atoms with Crippen molar-refractivity contribution < 1.29 is 9.59 Å². The molecule has 0 unspecified atom stereocenters. The van der Waals surface area contributed by atoms with Crippen molar-refractivity contribution in [2.45, 2.75) is 6.42 Å². The van der Waals surface area contributed by atoms with E-state index in [-0.39, 0.29) is 17.2 Å². The summed E-state index contributed by atoms with van der Waals surface area (Å²) >= 11 is 0. The molecular weight excluding hydrogens is 404 g/mol. The van der Waals surface area contributed by atoms with Gasteiger partial charge in [-0.3, -0.25) is 14.0 Å². The van der Waals surface area contributed by atoms with Gasteiger partial charge in [-0.25, -0.2) is 9.97 Å². The van der Waals surface area contributed by atoms with Crippen LogP contribution in [-0.2, 0) is 0 Å². The smallest absolute Gasteiger partial charge is 0.271 e. The van der Waals surface area contributed by atoms with E-state index in [4.69, 9.17) is 5.73 Å². The molecule has 2 aromatic heterocycles. The van der Waals surface area contributed by atoms with Gasteiger partial charge in [-0.2, -0.15) is 0 Å². The number of hydrogen-bond acceptors (Lipinski definition) is 5. The number of aromatic nitrogens is 3. The Bertz CT molecular complexity index is 1240. The van der Waals surface area contributed by atoms with Crippen LogP contribution in [0.1, 0.15) is 27.4 Å². The molecule has 32 heavy (non-hydrogen) atoms. The molecule has 8 nitrogen and oxygen atoms in total. The Hall–Kier alpha value is -4.20. The summed E-state index contributed by atoms with van der Waals surface area (Å²) in [5.41, 5.74) is 8.59. The highest BCUT2D eigenvalue weighted by Gasteiger charge is 2.19. The van der Waals surface area contributed by atoms with Gasteiger partial charge in [0.25, 0.3) is 11.8 Å². The maximum atomic E-state index is 13.0. The first-order chi connectivity index (χ1) is 15.5. The lowest BCUT2D eigenvalue weighted by molar-refractivity contribution is 0.0945. The SMILES string of the molecule is CN(CCCNC(=O)c1cc(-c2ccccc2)nc2c(C(N)=O)ncn12)c1ccccc1. The Morgan fingerprint density at radius 2 is 1.75 bits per heavy atom. The zero-order chi connectivity index (χ0) is 22.5. The summed E-state index contributed by atoms with van der Waals surface area (Å²) in [6.45, 7) is 1.29. The van der Waals surface area contributed by atoms with E-state index in [1.54, 1.807) is 6.07 Å². The number of carbonyl (C=O) groups excluding carboxylic acids is 2. The molecule has 2 amide bonds. The highest BCUT2D eigenvalue weighted by Crippen LogP contribution is 2.21. The first-order valence-corrected chi connectivity index (χ1v) is 10.3. The predicted octanol–water partition coefficient (Wildman–Crippen LogP) is 2.75. The molecule has 0 radical (unpaired) electrons. The minimum atomic E-state index is -0.694. The van der Waals surface area contributed by atoms with E-state index in [1.807, 2.05) is 67.7 Å². The highest BCUT2D eigenvalue weighted by molar-refractivity contribution is 5.99. The van der Waals surface area contributed by atoms with Crippen molar-refractivity contribution >= 4 is 23.1 Å². The second kappa shape index (κ2) is 9.30. The second-order valence-corrected chi connectivity index (χ2v) is 7.41. The number of anilines is 1. The fraction of sp³-hybridized carbons (Fsp3) is 0.167. The zero-order valence-corrected chi connectivity index (χ0v) is 17.7. The van der Waals surface area contributed by atoms with Crippen LogP contribution in [0.15, 0.2) is 73.1 Å². The molecule has 0 atom stereocenters. The Labute approximate surface area is 185 Å². The third-order valence-corrected chi connectivity index (χ3v) is 5.19. The molecule has 0 aliphatic carbocycles. The molecule has 0 saturated carbocycles. The van der Waals surface area contributed by atoms with Crippen molar-refractivity contribution in [1.29, 1.82) is 0 Å². The van der Waals surface area contributed by atoms with Gasteiger partial charge < -0.3 is 16.0 Å². The number of carbonyl (C=O) groups is 2. The lowest BCUT2D eigenvalue weighted by Gasteiger charge is -2.19. The number of nitrogens with two attached hydrogens (primary N) is 1. The molecule has 0 aliphatic rings. The van der Waals surface area contributed by atoms with Crippen LogP contribution in [-0.4, -0.2) is 46.3 Å². The average molecular weight is 428 g/mol. The van der Waals surface area contributed by atoms with Crippen molar-refractivity contribution in [1.82, 2.24) is 19.7 Å². The zero-order valence-electron chi connectivity index (χ0n) is 17.7. The van der Waals surface area contributed by atoms with E-state index >= 15 is 0 Å². The lowest BCUT2D eigenvalue weighted by atomic mass is 10.1. The maximum absolute atomic E-state index is 13.0. The van der Waals surface area contributed by atoms with Crippen LogP contribution in [0.4, 0.5) is 5.69 Å². The number of nitrogens with one attached hydrogen (secondary N) is 1. The number of para-hydroxylation sites is 1. The Kier molecular flexibility index (Phi) is 6.12. The van der Waals surface area contributed by atoms with E-state index in [0.29, 0.717) is 17.9 Å². The number of nitrogens with zero attached hydrogens (tertiary/aromatic N) is 4. The molecule has 4 rings (SSSR count). The fourth-order valence-electron chi connectivity index (χ4n) is 3.50. The topological polar surface area (TPSA) is 106 Å². The van der Waals surface area contributed by atoms with Crippen molar-refractivity contribution in [3.8, 4) is 11.3 Å². The van der Waals surface area contributed by atoms with Crippen LogP contribution >= 0.6 is 0 Å². The van der Waals surface area contributed by atoms with Crippen LogP contribution in [0.3, 0.4) is 0 Å². The number of rotatable bonds is 8. The second-order valence-electron chi connectivity index (χ2n) is 7.41. The minimum absolute atomic E-state index is 0.0290. The molecule has 3 N–H and O–H groups in total. The predicted molar refractivity (Wildman–Crippen MR) is 124 cm³/mol. The molecule has 2 heterocycles. The number of fused-ring (bicyclic) bond motifs is 1. The Morgan fingerprint density at radius 3 is 2.44 bits per heavy atom. The van der Waals surface area contributed by atoms with Gasteiger partial charge in [0.15, 0.2) is 11.3 Å². The molecule has 4 aromatic rings. The molecule has 0 bridgehead atoms. The van der Waals surface area contributed by atoms with E-state index < -0.39 is 5.91 Å². The molecular formula is C24H24N6O2. The summed E-state index contributed by atoms with van der Waals surface area (Å²) in [7, 11) is 2.02. The van der Waals surface area contributed by atoms with E-state index in [1.165, 1.54) is 10.7 Å². The molecule has 8 heteroatoms. The number of amides is 2. The van der Waals surface area contributed by atoms with Gasteiger partial charge in [0.1, 0.15) is 12.0 Å². The van der Waals surface area contributed by atoms with Gasteiger partial charge in [0, 0.05) is 31.4 Å². The molecule has 0 fully saturated rings. The van der Waals surface area contributed by atoms with Crippen LogP contribution in [0.5, 0.6) is 0 Å². The van der Waals surface area contributed by atoms with Crippen LogP contribution < -0.4 is 16.0 Å². The van der Waals surface area contributed by atoms with Crippen LogP contribution in [0.25, 0.3) is 16.9 Å². The van der Waals surface area contributed by atoms with Crippen LogP contribution in [0, 0.1) is 0 Å². The van der Waals surface area contributed by atoms with Gasteiger partial charge >= 0.3 is 0 Å². The largest absolute Gasteiger partial charge is 0.375 e. The van der Waals surface area contributed by atoms with Crippen molar-refractivity contribution in [3.05, 3.63) is 84.4 Å². The number of primary amides is 1.